The molecule has 1 aliphatic heterocycles. The maximum atomic E-state index is 13.6. The Morgan fingerprint density at radius 2 is 2.24 bits per heavy atom. The number of hydrogen-bond acceptors (Lipinski definition) is 4. The molecule has 1 saturated heterocycles. The van der Waals surface area contributed by atoms with Gasteiger partial charge in [-0.2, -0.15) is 0 Å². The van der Waals surface area contributed by atoms with Crippen molar-refractivity contribution in [3.63, 3.8) is 0 Å². The van der Waals surface area contributed by atoms with Crippen LogP contribution in [0.4, 0.5) is 10.1 Å². The van der Waals surface area contributed by atoms with Crippen molar-refractivity contribution < 1.29 is 17.5 Å². The quantitative estimate of drug-likeness (QED) is 0.837. The van der Waals surface area contributed by atoms with Gasteiger partial charge >= 0.3 is 0 Å². The minimum atomic E-state index is -3.86. The molecule has 0 saturated carbocycles. The lowest BCUT2D eigenvalue weighted by Crippen LogP contribution is -2.20. The lowest BCUT2D eigenvalue weighted by atomic mass is 10.2. The smallest absolute Gasteiger partial charge is 0.238 e. The van der Waals surface area contributed by atoms with Gasteiger partial charge in [0.2, 0.25) is 10.0 Å². The number of sulfonamides is 1. The number of primary sulfonamides is 1. The summed E-state index contributed by atoms with van der Waals surface area (Å²) in [6, 6.07) is 3.61. The largest absolute Gasteiger partial charge is 0.379 e. The first-order valence-electron chi connectivity index (χ1n) is 5.13. The van der Waals surface area contributed by atoms with Gasteiger partial charge in [-0.1, -0.05) is 0 Å². The second-order valence-corrected chi connectivity index (χ2v) is 5.45. The predicted octanol–water partition coefficient (Wildman–Crippen LogP) is 0.674. The molecule has 1 aromatic rings. The summed E-state index contributed by atoms with van der Waals surface area (Å²) in [5.74, 6) is -0.636. The van der Waals surface area contributed by atoms with Crippen molar-refractivity contribution in [2.24, 2.45) is 5.14 Å². The van der Waals surface area contributed by atoms with Gasteiger partial charge in [0.15, 0.2) is 0 Å². The Kier molecular flexibility index (Phi) is 3.32. The Bertz CT molecular complexity index is 512. The predicted molar refractivity (Wildman–Crippen MR) is 60.6 cm³/mol. The van der Waals surface area contributed by atoms with Crippen molar-refractivity contribution in [2.45, 2.75) is 17.4 Å². The molecule has 1 fully saturated rings. The molecule has 5 nitrogen and oxygen atoms in total. The lowest BCUT2D eigenvalue weighted by molar-refractivity contribution is 0.195. The number of anilines is 1. The second kappa shape index (κ2) is 4.59. The van der Waals surface area contributed by atoms with Gasteiger partial charge in [-0.3, -0.25) is 0 Å². The van der Waals surface area contributed by atoms with Crippen LogP contribution in [0.25, 0.3) is 0 Å². The lowest BCUT2D eigenvalue weighted by Gasteiger charge is -2.13. The summed E-state index contributed by atoms with van der Waals surface area (Å²) >= 11 is 0. The van der Waals surface area contributed by atoms with Gasteiger partial charge in [0, 0.05) is 6.61 Å². The molecule has 0 aromatic heterocycles. The second-order valence-electron chi connectivity index (χ2n) is 3.89. The van der Waals surface area contributed by atoms with Crippen LogP contribution in [0.1, 0.15) is 6.42 Å². The summed E-state index contributed by atoms with van der Waals surface area (Å²) in [5.41, 5.74) is 0.257. The molecule has 0 radical (unpaired) electrons. The van der Waals surface area contributed by atoms with E-state index >= 15 is 0 Å². The van der Waals surface area contributed by atoms with Crippen molar-refractivity contribution in [2.75, 3.05) is 18.5 Å². The monoisotopic (exact) mass is 260 g/mol. The van der Waals surface area contributed by atoms with Gasteiger partial charge in [-0.25, -0.2) is 17.9 Å². The fourth-order valence-corrected chi connectivity index (χ4v) is 2.18. The van der Waals surface area contributed by atoms with Crippen molar-refractivity contribution in [3.05, 3.63) is 24.0 Å². The maximum absolute atomic E-state index is 13.6. The molecule has 1 aromatic carbocycles. The average Bonchev–Trinajstić information content (AvgIpc) is 2.72. The summed E-state index contributed by atoms with van der Waals surface area (Å²) in [5, 5.41) is 7.86. The Morgan fingerprint density at radius 1 is 1.47 bits per heavy atom. The molecule has 7 heteroatoms. The number of halogens is 1. The molecule has 2 rings (SSSR count). The maximum Gasteiger partial charge on any atom is 0.238 e. The van der Waals surface area contributed by atoms with Crippen LogP contribution < -0.4 is 10.5 Å². The molecular formula is C10H13FN2O3S. The van der Waals surface area contributed by atoms with Crippen molar-refractivity contribution in [1.29, 1.82) is 0 Å². The van der Waals surface area contributed by atoms with Crippen LogP contribution in [-0.4, -0.2) is 27.7 Å². The number of ether oxygens (including phenoxy) is 1. The number of nitrogens with two attached hydrogens (primary N) is 1. The van der Waals surface area contributed by atoms with E-state index in [-0.39, 0.29) is 16.6 Å². The van der Waals surface area contributed by atoms with Crippen molar-refractivity contribution >= 4 is 15.7 Å². The summed E-state index contributed by atoms with van der Waals surface area (Å²) < 4.78 is 40.8. The number of hydrogen-bond donors (Lipinski definition) is 2. The van der Waals surface area contributed by atoms with Gasteiger partial charge < -0.3 is 10.1 Å². The zero-order chi connectivity index (χ0) is 12.5. The van der Waals surface area contributed by atoms with E-state index in [9.17, 15) is 12.8 Å². The van der Waals surface area contributed by atoms with E-state index < -0.39 is 15.8 Å². The third-order valence-electron chi connectivity index (χ3n) is 2.56. The molecule has 1 unspecified atom stereocenters. The van der Waals surface area contributed by atoms with Crippen LogP contribution >= 0.6 is 0 Å². The molecule has 94 valence electrons. The van der Waals surface area contributed by atoms with E-state index in [4.69, 9.17) is 9.88 Å². The Morgan fingerprint density at radius 3 is 2.76 bits per heavy atom. The van der Waals surface area contributed by atoms with Crippen LogP contribution in [0.3, 0.4) is 0 Å². The third kappa shape index (κ3) is 2.93. The summed E-state index contributed by atoms with van der Waals surface area (Å²) in [7, 11) is -3.86. The van der Waals surface area contributed by atoms with E-state index in [0.29, 0.717) is 13.2 Å². The third-order valence-corrected chi connectivity index (χ3v) is 3.47. The molecule has 0 spiro atoms. The van der Waals surface area contributed by atoms with E-state index in [0.717, 1.165) is 12.5 Å². The zero-order valence-corrected chi connectivity index (χ0v) is 9.84. The summed E-state index contributed by atoms with van der Waals surface area (Å²) in [4.78, 5) is -0.233. The highest BCUT2D eigenvalue weighted by Gasteiger charge is 2.18. The molecule has 3 N–H and O–H groups in total. The van der Waals surface area contributed by atoms with E-state index in [1.54, 1.807) is 0 Å². The first-order chi connectivity index (χ1) is 7.97. The molecule has 1 aliphatic rings. The topological polar surface area (TPSA) is 81.4 Å². The average molecular weight is 260 g/mol. The fourth-order valence-electron chi connectivity index (χ4n) is 1.66. The normalized spacial score (nSPS) is 20.5. The van der Waals surface area contributed by atoms with Gasteiger partial charge in [-0.05, 0) is 24.6 Å². The highest BCUT2D eigenvalue weighted by molar-refractivity contribution is 7.89. The molecule has 0 bridgehead atoms. The van der Waals surface area contributed by atoms with E-state index in [1.807, 2.05) is 0 Å². The number of benzene rings is 1. The SMILES string of the molecule is NS(=O)(=O)c1ccc(NC2CCOC2)c(F)c1. The standard InChI is InChI=1S/C10H13FN2O3S/c11-9-5-8(17(12,14)15)1-2-10(9)13-7-3-4-16-6-7/h1-2,5,7,13H,3-4,6H2,(H2,12,14,15). The molecule has 1 heterocycles. The first-order valence-corrected chi connectivity index (χ1v) is 6.68. The fraction of sp³-hybridized carbons (Fsp3) is 0.400. The first kappa shape index (κ1) is 12.3. The van der Waals surface area contributed by atoms with Crippen LogP contribution in [0.5, 0.6) is 0 Å². The number of rotatable bonds is 3. The van der Waals surface area contributed by atoms with Gasteiger partial charge in [0.25, 0.3) is 0 Å². The van der Waals surface area contributed by atoms with Crippen molar-refractivity contribution in [3.8, 4) is 0 Å². The van der Waals surface area contributed by atoms with E-state index in [1.165, 1.54) is 12.1 Å². The highest BCUT2D eigenvalue weighted by atomic mass is 32.2. The summed E-state index contributed by atoms with van der Waals surface area (Å²) in [6.07, 6.45) is 0.802. The molecular weight excluding hydrogens is 247 g/mol. The van der Waals surface area contributed by atoms with Crippen LogP contribution in [0, 0.1) is 5.82 Å². The zero-order valence-electron chi connectivity index (χ0n) is 9.02. The number of nitrogens with one attached hydrogen (secondary N) is 1. The van der Waals surface area contributed by atoms with Crippen LogP contribution in [0.15, 0.2) is 23.1 Å². The van der Waals surface area contributed by atoms with Crippen LogP contribution in [0.2, 0.25) is 0 Å². The molecule has 0 amide bonds. The van der Waals surface area contributed by atoms with Crippen LogP contribution in [-0.2, 0) is 14.8 Å². The molecule has 17 heavy (non-hydrogen) atoms. The van der Waals surface area contributed by atoms with Crippen molar-refractivity contribution in [1.82, 2.24) is 0 Å². The van der Waals surface area contributed by atoms with Gasteiger partial charge in [0.1, 0.15) is 5.82 Å². The Labute approximate surface area is 98.8 Å². The highest BCUT2D eigenvalue weighted by Crippen LogP contribution is 2.20. The summed E-state index contributed by atoms with van der Waals surface area (Å²) in [6.45, 7) is 1.17. The van der Waals surface area contributed by atoms with Gasteiger partial charge in [-0.15, -0.1) is 0 Å². The molecule has 0 aliphatic carbocycles. The Balaban J connectivity index is 2.19. The minimum Gasteiger partial charge on any atom is -0.379 e. The van der Waals surface area contributed by atoms with Gasteiger partial charge in [0.05, 0.1) is 23.2 Å². The van der Waals surface area contributed by atoms with E-state index in [2.05, 4.69) is 5.32 Å². The molecule has 1 atom stereocenters. The minimum absolute atomic E-state index is 0.0600. The Hall–Kier alpha value is -1.18.